The van der Waals surface area contributed by atoms with Crippen LogP contribution in [0.4, 0.5) is 11.8 Å². The van der Waals surface area contributed by atoms with Crippen molar-refractivity contribution in [2.75, 3.05) is 30.8 Å². The molecule has 2 aromatic rings. The Morgan fingerprint density at radius 1 is 1.35 bits per heavy atom. The van der Waals surface area contributed by atoms with Crippen LogP contribution in [0.3, 0.4) is 0 Å². The van der Waals surface area contributed by atoms with Crippen LogP contribution in [0.2, 0.25) is 0 Å². The first-order chi connectivity index (χ1) is 9.55. The first kappa shape index (κ1) is 14.5. The number of hydrogen-bond acceptors (Lipinski definition) is 6. The van der Waals surface area contributed by atoms with Crippen LogP contribution in [0.15, 0.2) is 6.20 Å². The van der Waals surface area contributed by atoms with Gasteiger partial charge in [0.1, 0.15) is 5.82 Å². The van der Waals surface area contributed by atoms with Crippen LogP contribution < -0.4 is 10.6 Å². The quantitative estimate of drug-likeness (QED) is 0.614. The van der Waals surface area contributed by atoms with Crippen molar-refractivity contribution in [3.05, 3.63) is 6.20 Å². The van der Waals surface area contributed by atoms with Crippen LogP contribution in [0.5, 0.6) is 0 Å². The predicted molar refractivity (Wildman–Crippen MR) is 79.8 cm³/mol. The fourth-order valence-electron chi connectivity index (χ4n) is 2.05. The van der Waals surface area contributed by atoms with E-state index in [0.717, 1.165) is 30.6 Å². The molecule has 0 aromatic carbocycles. The highest BCUT2D eigenvalue weighted by Gasteiger charge is 2.18. The number of aliphatic hydroxyl groups is 1. The largest absolute Gasteiger partial charge is 0.396 e. The fourth-order valence-corrected chi connectivity index (χ4v) is 2.05. The van der Waals surface area contributed by atoms with Gasteiger partial charge in [0.15, 0.2) is 5.65 Å². The second kappa shape index (κ2) is 6.04. The van der Waals surface area contributed by atoms with E-state index in [-0.39, 0.29) is 12.0 Å². The molecule has 0 unspecified atom stereocenters. The number of aromatic amines is 1. The van der Waals surface area contributed by atoms with E-state index in [9.17, 15) is 0 Å². The molecule has 0 aliphatic heterocycles. The van der Waals surface area contributed by atoms with Crippen molar-refractivity contribution in [3.63, 3.8) is 0 Å². The number of hydrogen-bond donors (Lipinski definition) is 4. The van der Waals surface area contributed by atoms with Crippen molar-refractivity contribution >= 4 is 22.8 Å². The van der Waals surface area contributed by atoms with Gasteiger partial charge in [-0.15, -0.1) is 0 Å². The Balaban J connectivity index is 2.14. The van der Waals surface area contributed by atoms with Crippen LogP contribution in [-0.2, 0) is 0 Å². The minimum Gasteiger partial charge on any atom is -0.396 e. The van der Waals surface area contributed by atoms with Gasteiger partial charge < -0.3 is 15.7 Å². The van der Waals surface area contributed by atoms with Crippen molar-refractivity contribution in [2.45, 2.75) is 26.7 Å². The molecular weight excluding hydrogens is 256 g/mol. The molecule has 2 aromatic heterocycles. The highest BCUT2D eigenvalue weighted by molar-refractivity contribution is 5.86. The van der Waals surface area contributed by atoms with Crippen molar-refractivity contribution in [3.8, 4) is 0 Å². The number of H-pyrrole nitrogens is 1. The topological polar surface area (TPSA) is 98.8 Å². The smallest absolute Gasteiger partial charge is 0.226 e. The van der Waals surface area contributed by atoms with Gasteiger partial charge in [0.2, 0.25) is 5.95 Å². The number of fused-ring (bicyclic) bond motifs is 1. The van der Waals surface area contributed by atoms with Gasteiger partial charge in [-0.05, 0) is 18.3 Å². The second-order valence-electron chi connectivity index (χ2n) is 5.62. The molecule has 2 heterocycles. The number of nitrogens with one attached hydrogen (secondary N) is 3. The highest BCUT2D eigenvalue weighted by atomic mass is 16.2. The van der Waals surface area contributed by atoms with Crippen LogP contribution in [0, 0.1) is 5.41 Å². The number of aliphatic hydroxyl groups excluding tert-OH is 1. The van der Waals surface area contributed by atoms with Gasteiger partial charge in [-0.25, -0.2) is 0 Å². The van der Waals surface area contributed by atoms with E-state index in [0.29, 0.717) is 11.6 Å². The molecular formula is C13H22N6O. The Morgan fingerprint density at radius 3 is 2.85 bits per heavy atom. The Hall–Kier alpha value is -1.89. The summed E-state index contributed by atoms with van der Waals surface area (Å²) in [5, 5.41) is 23.0. The number of aromatic nitrogens is 4. The van der Waals surface area contributed by atoms with E-state index in [4.69, 9.17) is 5.11 Å². The van der Waals surface area contributed by atoms with E-state index in [1.807, 2.05) is 0 Å². The van der Waals surface area contributed by atoms with E-state index < -0.39 is 0 Å². The number of anilines is 2. The summed E-state index contributed by atoms with van der Waals surface area (Å²) in [6.45, 7) is 5.34. The molecule has 110 valence electrons. The second-order valence-corrected chi connectivity index (χ2v) is 5.62. The van der Waals surface area contributed by atoms with Gasteiger partial charge in [0, 0.05) is 20.2 Å². The Bertz CT molecular complexity index is 565. The standard InChI is InChI=1S/C13H22N6O/c1-13(2,5-4-6-20)8-15-10-9-7-16-19-11(9)18-12(14-3)17-10/h7,20H,4-6,8H2,1-3H3,(H3,14,15,16,17,18,19). The molecule has 0 fully saturated rings. The molecule has 2 rings (SSSR count). The van der Waals surface area contributed by atoms with Gasteiger partial charge in [-0.1, -0.05) is 13.8 Å². The Kier molecular flexibility index (Phi) is 4.39. The lowest BCUT2D eigenvalue weighted by molar-refractivity contribution is 0.248. The van der Waals surface area contributed by atoms with Crippen molar-refractivity contribution in [2.24, 2.45) is 5.41 Å². The molecule has 7 nitrogen and oxygen atoms in total. The van der Waals surface area contributed by atoms with Crippen LogP contribution in [0.25, 0.3) is 11.0 Å². The highest BCUT2D eigenvalue weighted by Crippen LogP contribution is 2.25. The number of rotatable bonds is 7. The summed E-state index contributed by atoms with van der Waals surface area (Å²) in [6, 6.07) is 0. The van der Waals surface area contributed by atoms with Crippen LogP contribution >= 0.6 is 0 Å². The molecule has 0 saturated carbocycles. The lowest BCUT2D eigenvalue weighted by Crippen LogP contribution is -2.24. The molecule has 0 bridgehead atoms. The molecule has 0 aliphatic rings. The average molecular weight is 278 g/mol. The van der Waals surface area contributed by atoms with Crippen molar-refractivity contribution in [1.82, 2.24) is 20.2 Å². The van der Waals surface area contributed by atoms with E-state index in [2.05, 4.69) is 44.6 Å². The van der Waals surface area contributed by atoms with Crippen LogP contribution in [-0.4, -0.2) is 45.5 Å². The van der Waals surface area contributed by atoms with Crippen molar-refractivity contribution < 1.29 is 5.11 Å². The zero-order valence-corrected chi connectivity index (χ0v) is 12.2. The molecule has 0 saturated heterocycles. The monoisotopic (exact) mass is 278 g/mol. The third kappa shape index (κ3) is 3.36. The van der Waals surface area contributed by atoms with Gasteiger partial charge in [0.05, 0.1) is 11.6 Å². The summed E-state index contributed by atoms with van der Waals surface area (Å²) >= 11 is 0. The maximum absolute atomic E-state index is 8.94. The first-order valence-corrected chi connectivity index (χ1v) is 6.79. The minimum absolute atomic E-state index is 0.0869. The minimum atomic E-state index is 0.0869. The van der Waals surface area contributed by atoms with Gasteiger partial charge >= 0.3 is 0 Å². The SMILES string of the molecule is CNc1nc(NCC(C)(C)CCCO)c2cn[nH]c2n1. The maximum Gasteiger partial charge on any atom is 0.226 e. The zero-order chi connectivity index (χ0) is 14.6. The molecule has 4 N–H and O–H groups in total. The molecule has 20 heavy (non-hydrogen) atoms. The molecule has 0 amide bonds. The van der Waals surface area contributed by atoms with Gasteiger partial charge in [-0.3, -0.25) is 5.10 Å². The molecule has 0 aliphatic carbocycles. The molecule has 0 radical (unpaired) electrons. The van der Waals surface area contributed by atoms with E-state index >= 15 is 0 Å². The number of nitrogens with zero attached hydrogens (tertiary/aromatic N) is 3. The average Bonchev–Trinajstić information content (AvgIpc) is 2.90. The first-order valence-electron chi connectivity index (χ1n) is 6.79. The van der Waals surface area contributed by atoms with E-state index in [1.165, 1.54) is 0 Å². The molecule has 0 atom stereocenters. The van der Waals surface area contributed by atoms with Crippen molar-refractivity contribution in [1.29, 1.82) is 0 Å². The van der Waals surface area contributed by atoms with E-state index in [1.54, 1.807) is 13.2 Å². The van der Waals surface area contributed by atoms with Gasteiger partial charge in [-0.2, -0.15) is 15.1 Å². The Labute approximate surface area is 118 Å². The summed E-state index contributed by atoms with van der Waals surface area (Å²) in [5.74, 6) is 1.32. The lowest BCUT2D eigenvalue weighted by atomic mass is 9.88. The zero-order valence-electron chi connectivity index (χ0n) is 12.2. The predicted octanol–water partition coefficient (Wildman–Crippen LogP) is 1.61. The third-order valence-corrected chi connectivity index (χ3v) is 3.28. The Morgan fingerprint density at radius 2 is 2.15 bits per heavy atom. The lowest BCUT2D eigenvalue weighted by Gasteiger charge is -2.25. The molecule has 7 heteroatoms. The maximum atomic E-state index is 8.94. The summed E-state index contributed by atoms with van der Waals surface area (Å²) in [4.78, 5) is 8.73. The fraction of sp³-hybridized carbons (Fsp3) is 0.615. The summed E-state index contributed by atoms with van der Waals surface area (Å²) in [5.41, 5.74) is 0.795. The summed E-state index contributed by atoms with van der Waals surface area (Å²) in [7, 11) is 1.78. The van der Waals surface area contributed by atoms with Crippen LogP contribution in [0.1, 0.15) is 26.7 Å². The van der Waals surface area contributed by atoms with Gasteiger partial charge in [0.25, 0.3) is 0 Å². The normalized spacial score (nSPS) is 11.8. The summed E-state index contributed by atoms with van der Waals surface area (Å²) in [6.07, 6.45) is 3.48. The third-order valence-electron chi connectivity index (χ3n) is 3.28. The molecule has 0 spiro atoms. The summed E-state index contributed by atoms with van der Waals surface area (Å²) < 4.78 is 0.